The molecule has 0 radical (unpaired) electrons. The molecule has 0 aromatic carbocycles. The van der Waals surface area contributed by atoms with Gasteiger partial charge in [-0.05, 0) is 24.5 Å². The summed E-state index contributed by atoms with van der Waals surface area (Å²) in [6, 6.07) is 1.45. The van der Waals surface area contributed by atoms with E-state index in [2.05, 4.69) is 10.3 Å². The number of rotatable bonds is 6. The molecule has 4 nitrogen and oxygen atoms in total. The van der Waals surface area contributed by atoms with Gasteiger partial charge in [-0.3, -0.25) is 0 Å². The Bertz CT molecular complexity index is 374. The van der Waals surface area contributed by atoms with Crippen LogP contribution in [0.25, 0.3) is 0 Å². The van der Waals surface area contributed by atoms with Gasteiger partial charge < -0.3 is 10.4 Å². The summed E-state index contributed by atoms with van der Waals surface area (Å²) in [5, 5.41) is 12.1. The Hall–Kier alpha value is -0.940. The highest BCUT2D eigenvalue weighted by Crippen LogP contribution is 2.17. The number of hydrogen-bond donors (Lipinski definition) is 2. The Balaban J connectivity index is 2.61. The lowest BCUT2D eigenvalue weighted by Crippen LogP contribution is -2.06. The Kier molecular flexibility index (Phi) is 5.42. The monoisotopic (exact) mass is 260 g/mol. The average Bonchev–Trinajstić information content (AvgIpc) is 2.26. The van der Waals surface area contributed by atoms with Gasteiger partial charge in [-0.1, -0.05) is 11.6 Å². The number of carboxylic acid groups (broad SMARTS) is 1. The predicted molar refractivity (Wildman–Crippen MR) is 67.7 cm³/mol. The summed E-state index contributed by atoms with van der Waals surface area (Å²) in [6.45, 7) is 0.772. The molecular formula is C10H13ClN2O2S. The normalized spacial score (nSPS) is 10.1. The molecule has 0 aliphatic carbocycles. The lowest BCUT2D eigenvalue weighted by Gasteiger charge is -2.06. The van der Waals surface area contributed by atoms with E-state index in [0.29, 0.717) is 5.82 Å². The third-order valence-electron chi connectivity index (χ3n) is 1.92. The highest BCUT2D eigenvalue weighted by Gasteiger charge is 2.09. The first kappa shape index (κ1) is 13.1. The van der Waals surface area contributed by atoms with Crippen molar-refractivity contribution in [3.05, 3.63) is 22.8 Å². The second-order valence-corrected chi connectivity index (χ2v) is 4.52. The minimum atomic E-state index is -1.04. The number of carboxylic acids is 1. The fourth-order valence-electron chi connectivity index (χ4n) is 1.13. The number of nitrogens with zero attached hydrogens (tertiary/aromatic N) is 1. The molecule has 6 heteroatoms. The van der Waals surface area contributed by atoms with Crippen molar-refractivity contribution in [2.75, 3.05) is 23.9 Å². The number of aromatic carboxylic acids is 1. The Morgan fingerprint density at radius 3 is 3.06 bits per heavy atom. The molecule has 0 saturated carbocycles. The second-order valence-electron chi connectivity index (χ2n) is 3.13. The van der Waals surface area contributed by atoms with E-state index in [1.165, 1.54) is 12.3 Å². The first-order valence-corrected chi connectivity index (χ1v) is 6.54. The Morgan fingerprint density at radius 1 is 1.69 bits per heavy atom. The lowest BCUT2D eigenvalue weighted by atomic mass is 10.2. The molecule has 1 heterocycles. The maximum absolute atomic E-state index is 10.8. The van der Waals surface area contributed by atoms with Gasteiger partial charge in [0.25, 0.3) is 0 Å². The van der Waals surface area contributed by atoms with Crippen LogP contribution < -0.4 is 5.32 Å². The summed E-state index contributed by atoms with van der Waals surface area (Å²) >= 11 is 7.47. The van der Waals surface area contributed by atoms with Gasteiger partial charge in [-0.2, -0.15) is 11.8 Å². The van der Waals surface area contributed by atoms with E-state index in [0.717, 1.165) is 18.7 Å². The van der Waals surface area contributed by atoms with Crippen LogP contribution in [-0.2, 0) is 0 Å². The lowest BCUT2D eigenvalue weighted by molar-refractivity contribution is 0.0697. The molecule has 0 amide bonds. The molecule has 0 atom stereocenters. The molecule has 0 bridgehead atoms. The van der Waals surface area contributed by atoms with E-state index < -0.39 is 5.97 Å². The zero-order valence-electron chi connectivity index (χ0n) is 8.86. The van der Waals surface area contributed by atoms with Crippen molar-refractivity contribution in [3.63, 3.8) is 0 Å². The van der Waals surface area contributed by atoms with Crippen LogP contribution in [0, 0.1) is 0 Å². The highest BCUT2D eigenvalue weighted by molar-refractivity contribution is 7.98. The van der Waals surface area contributed by atoms with Crippen molar-refractivity contribution in [1.29, 1.82) is 0 Å². The molecule has 0 aliphatic heterocycles. The fourth-order valence-corrected chi connectivity index (χ4v) is 1.75. The highest BCUT2D eigenvalue weighted by atomic mass is 35.5. The molecule has 0 unspecified atom stereocenters. The van der Waals surface area contributed by atoms with E-state index in [4.69, 9.17) is 16.7 Å². The van der Waals surface area contributed by atoms with Crippen molar-refractivity contribution >= 4 is 35.1 Å². The van der Waals surface area contributed by atoms with Crippen LogP contribution in [0.4, 0.5) is 5.82 Å². The predicted octanol–water partition coefficient (Wildman–Crippen LogP) is 2.60. The number of hydrogen-bond acceptors (Lipinski definition) is 4. The summed E-state index contributed by atoms with van der Waals surface area (Å²) in [7, 11) is 0. The molecule has 1 aromatic rings. The van der Waals surface area contributed by atoms with Crippen LogP contribution >= 0.6 is 23.4 Å². The van der Waals surface area contributed by atoms with Gasteiger partial charge in [0.1, 0.15) is 5.82 Å². The molecule has 1 aromatic heterocycles. The summed E-state index contributed by atoms with van der Waals surface area (Å²) in [5.74, 6) is 0.564. The van der Waals surface area contributed by atoms with Gasteiger partial charge in [-0.25, -0.2) is 9.78 Å². The third-order valence-corrected chi connectivity index (χ3v) is 2.92. The maximum atomic E-state index is 10.8. The van der Waals surface area contributed by atoms with Crippen LogP contribution in [0.1, 0.15) is 16.8 Å². The molecular weight excluding hydrogens is 248 g/mol. The third kappa shape index (κ3) is 3.90. The van der Waals surface area contributed by atoms with Crippen LogP contribution in [0.2, 0.25) is 5.02 Å². The van der Waals surface area contributed by atoms with Crippen LogP contribution in [0.15, 0.2) is 12.3 Å². The van der Waals surface area contributed by atoms with Crippen LogP contribution in [-0.4, -0.2) is 34.6 Å². The SMILES string of the molecule is CSCCCNc1cc(C(=O)O)c(Cl)cn1. The van der Waals surface area contributed by atoms with Gasteiger partial charge in [0.2, 0.25) is 0 Å². The number of thioether (sulfide) groups is 1. The van der Waals surface area contributed by atoms with Gasteiger partial charge in [0.05, 0.1) is 10.6 Å². The maximum Gasteiger partial charge on any atom is 0.337 e. The van der Waals surface area contributed by atoms with Crippen molar-refractivity contribution < 1.29 is 9.90 Å². The first-order chi connectivity index (χ1) is 7.65. The van der Waals surface area contributed by atoms with Crippen molar-refractivity contribution in [1.82, 2.24) is 4.98 Å². The standard InChI is InChI=1S/C10H13ClN2O2S/c1-16-4-2-3-12-9-5-7(10(14)15)8(11)6-13-9/h5-6H,2-4H2,1H3,(H,12,13)(H,14,15). The molecule has 88 valence electrons. The Morgan fingerprint density at radius 2 is 2.44 bits per heavy atom. The van der Waals surface area contributed by atoms with Crippen LogP contribution in [0.5, 0.6) is 0 Å². The van der Waals surface area contributed by atoms with Gasteiger partial charge in [-0.15, -0.1) is 0 Å². The number of carbonyl (C=O) groups is 1. The van der Waals surface area contributed by atoms with E-state index in [1.54, 1.807) is 11.8 Å². The van der Waals surface area contributed by atoms with Crippen molar-refractivity contribution in [2.45, 2.75) is 6.42 Å². The summed E-state index contributed by atoms with van der Waals surface area (Å²) in [5.41, 5.74) is 0.0732. The van der Waals surface area contributed by atoms with Crippen molar-refractivity contribution in [2.24, 2.45) is 0 Å². The van der Waals surface area contributed by atoms with Gasteiger partial charge in [0.15, 0.2) is 0 Å². The second kappa shape index (κ2) is 6.60. The minimum absolute atomic E-state index is 0.0732. The topological polar surface area (TPSA) is 62.2 Å². The largest absolute Gasteiger partial charge is 0.478 e. The van der Waals surface area contributed by atoms with Gasteiger partial charge in [0, 0.05) is 12.7 Å². The van der Waals surface area contributed by atoms with Crippen molar-refractivity contribution in [3.8, 4) is 0 Å². The zero-order chi connectivity index (χ0) is 12.0. The molecule has 0 aliphatic rings. The summed E-state index contributed by atoms with van der Waals surface area (Å²) in [6.07, 6.45) is 4.40. The molecule has 2 N–H and O–H groups in total. The average molecular weight is 261 g/mol. The minimum Gasteiger partial charge on any atom is -0.478 e. The fraction of sp³-hybridized carbons (Fsp3) is 0.400. The van der Waals surface area contributed by atoms with Gasteiger partial charge >= 0.3 is 5.97 Å². The van der Waals surface area contributed by atoms with Crippen LogP contribution in [0.3, 0.4) is 0 Å². The molecule has 16 heavy (non-hydrogen) atoms. The smallest absolute Gasteiger partial charge is 0.337 e. The molecule has 0 saturated heterocycles. The summed E-state index contributed by atoms with van der Waals surface area (Å²) in [4.78, 5) is 14.8. The zero-order valence-corrected chi connectivity index (χ0v) is 10.4. The van der Waals surface area contributed by atoms with E-state index in [1.807, 2.05) is 6.26 Å². The Labute approximate surface area is 103 Å². The molecule has 1 rings (SSSR count). The first-order valence-electron chi connectivity index (χ1n) is 4.77. The van der Waals surface area contributed by atoms with E-state index >= 15 is 0 Å². The number of pyridine rings is 1. The number of anilines is 1. The number of halogens is 1. The molecule has 0 spiro atoms. The number of nitrogens with one attached hydrogen (secondary N) is 1. The van der Waals surface area contributed by atoms with E-state index in [-0.39, 0.29) is 10.6 Å². The molecule has 0 fully saturated rings. The van der Waals surface area contributed by atoms with E-state index in [9.17, 15) is 4.79 Å². The quantitative estimate of drug-likeness (QED) is 0.770. The summed E-state index contributed by atoms with van der Waals surface area (Å²) < 4.78 is 0. The number of aromatic nitrogens is 1.